The number of Topliss-reactive ketones (excluding diaryl/α,β-unsaturated/α-hetero) is 2. The van der Waals surface area contributed by atoms with Crippen molar-refractivity contribution in [2.45, 2.75) is 0 Å². The van der Waals surface area contributed by atoms with Crippen LogP contribution in [-0.2, 0) is 9.59 Å². The molecule has 0 spiro atoms. The van der Waals surface area contributed by atoms with Crippen LogP contribution in [-0.4, -0.2) is 29.4 Å². The van der Waals surface area contributed by atoms with Crippen LogP contribution in [0.2, 0.25) is 0 Å². The zero-order valence-corrected chi connectivity index (χ0v) is 12.1. The van der Waals surface area contributed by atoms with Crippen molar-refractivity contribution in [3.8, 4) is 0 Å². The van der Waals surface area contributed by atoms with E-state index in [1.807, 2.05) is 0 Å². The minimum absolute atomic E-state index is 0.0737. The van der Waals surface area contributed by atoms with Crippen molar-refractivity contribution in [2.75, 3.05) is 11.9 Å². The number of para-hydroxylation sites is 1. The van der Waals surface area contributed by atoms with Crippen LogP contribution in [0.1, 0.15) is 10.4 Å². The van der Waals surface area contributed by atoms with Crippen molar-refractivity contribution in [1.82, 2.24) is 0 Å². The number of nitro groups is 1. The smallest absolute Gasteiger partial charge is 0.302 e. The number of benzene rings is 2. The standard InChI is InChI=1S/C16H12N2O5/c1-17(12-5-3-2-4-6-12)16(21)15(20)14(19)11-7-9-13(10-8-11)18(22)23/h2-10H,1H3. The van der Waals surface area contributed by atoms with Crippen LogP contribution in [0.25, 0.3) is 0 Å². The Morgan fingerprint density at radius 3 is 2.04 bits per heavy atom. The van der Waals surface area contributed by atoms with Crippen molar-refractivity contribution >= 4 is 28.8 Å². The lowest BCUT2D eigenvalue weighted by Gasteiger charge is -2.15. The third kappa shape index (κ3) is 3.46. The Morgan fingerprint density at radius 1 is 0.957 bits per heavy atom. The zero-order valence-electron chi connectivity index (χ0n) is 12.1. The summed E-state index contributed by atoms with van der Waals surface area (Å²) in [6.07, 6.45) is 0. The number of non-ortho nitro benzene ring substituents is 1. The molecule has 0 aliphatic rings. The van der Waals surface area contributed by atoms with Gasteiger partial charge in [0, 0.05) is 30.4 Å². The van der Waals surface area contributed by atoms with Gasteiger partial charge < -0.3 is 4.90 Å². The largest absolute Gasteiger partial charge is 0.308 e. The van der Waals surface area contributed by atoms with Crippen molar-refractivity contribution in [3.05, 3.63) is 70.3 Å². The normalized spacial score (nSPS) is 9.96. The Kier molecular flexibility index (Phi) is 4.61. The molecule has 23 heavy (non-hydrogen) atoms. The van der Waals surface area contributed by atoms with Crippen LogP contribution in [0.3, 0.4) is 0 Å². The number of nitrogens with zero attached hydrogens (tertiary/aromatic N) is 2. The molecule has 0 atom stereocenters. The molecule has 0 aliphatic heterocycles. The number of hydrogen-bond donors (Lipinski definition) is 0. The molecule has 0 fully saturated rings. The molecule has 0 N–H and O–H groups in total. The highest BCUT2D eigenvalue weighted by Crippen LogP contribution is 2.15. The number of carbonyl (C=O) groups excluding carboxylic acids is 3. The second kappa shape index (κ2) is 6.61. The first-order valence-electron chi connectivity index (χ1n) is 6.58. The van der Waals surface area contributed by atoms with Crippen molar-refractivity contribution < 1.29 is 19.3 Å². The van der Waals surface area contributed by atoms with Crippen molar-refractivity contribution in [1.29, 1.82) is 0 Å². The maximum absolute atomic E-state index is 12.1. The zero-order chi connectivity index (χ0) is 17.0. The maximum Gasteiger partial charge on any atom is 0.302 e. The van der Waals surface area contributed by atoms with Crippen LogP contribution in [0.5, 0.6) is 0 Å². The van der Waals surface area contributed by atoms with Crippen LogP contribution < -0.4 is 4.90 Å². The van der Waals surface area contributed by atoms with E-state index in [4.69, 9.17) is 0 Å². The lowest BCUT2D eigenvalue weighted by atomic mass is 10.1. The van der Waals surface area contributed by atoms with Gasteiger partial charge in [0.15, 0.2) is 0 Å². The van der Waals surface area contributed by atoms with E-state index in [-0.39, 0.29) is 11.3 Å². The Hall–Kier alpha value is -3.35. The molecule has 0 aromatic heterocycles. The summed E-state index contributed by atoms with van der Waals surface area (Å²) >= 11 is 0. The Labute approximate surface area is 131 Å². The van der Waals surface area contributed by atoms with Crippen LogP contribution in [0, 0.1) is 10.1 Å². The van der Waals surface area contributed by atoms with E-state index in [2.05, 4.69) is 0 Å². The number of carbonyl (C=O) groups is 3. The van der Waals surface area contributed by atoms with Crippen molar-refractivity contribution in [3.63, 3.8) is 0 Å². The molecule has 0 radical (unpaired) electrons. The minimum Gasteiger partial charge on any atom is -0.308 e. The average Bonchev–Trinajstić information content (AvgIpc) is 2.60. The lowest BCUT2D eigenvalue weighted by molar-refractivity contribution is -0.384. The van der Waals surface area contributed by atoms with Crippen LogP contribution >= 0.6 is 0 Å². The first-order valence-corrected chi connectivity index (χ1v) is 6.58. The maximum atomic E-state index is 12.1. The average molecular weight is 312 g/mol. The van der Waals surface area contributed by atoms with Crippen LogP contribution in [0.15, 0.2) is 54.6 Å². The second-order valence-electron chi connectivity index (χ2n) is 4.66. The summed E-state index contributed by atoms with van der Waals surface area (Å²) in [6, 6.07) is 12.9. The summed E-state index contributed by atoms with van der Waals surface area (Å²) in [5, 5.41) is 10.6. The van der Waals surface area contributed by atoms with Crippen LogP contribution in [0.4, 0.5) is 11.4 Å². The van der Waals surface area contributed by atoms with Gasteiger partial charge in [-0.15, -0.1) is 0 Å². The van der Waals surface area contributed by atoms with E-state index in [1.165, 1.54) is 7.05 Å². The number of rotatable bonds is 5. The van der Waals surface area contributed by atoms with E-state index < -0.39 is 22.4 Å². The number of hydrogen-bond acceptors (Lipinski definition) is 5. The van der Waals surface area contributed by atoms with E-state index in [1.54, 1.807) is 30.3 Å². The second-order valence-corrected chi connectivity index (χ2v) is 4.66. The van der Waals surface area contributed by atoms with Gasteiger partial charge in [0.1, 0.15) is 0 Å². The van der Waals surface area contributed by atoms with Gasteiger partial charge in [-0.3, -0.25) is 24.5 Å². The molecular formula is C16H12N2O5. The van der Waals surface area contributed by atoms with Gasteiger partial charge in [-0.25, -0.2) is 0 Å². The molecule has 0 heterocycles. The fourth-order valence-corrected chi connectivity index (χ4v) is 1.88. The summed E-state index contributed by atoms with van der Waals surface area (Å²) in [5.41, 5.74) is 0.194. The van der Waals surface area contributed by atoms with E-state index in [0.29, 0.717) is 5.69 Å². The third-order valence-electron chi connectivity index (χ3n) is 3.19. The molecule has 0 unspecified atom stereocenters. The molecule has 0 bridgehead atoms. The predicted molar refractivity (Wildman–Crippen MR) is 82.3 cm³/mol. The summed E-state index contributed by atoms with van der Waals surface area (Å²) in [5.74, 6) is -3.18. The molecular weight excluding hydrogens is 300 g/mol. The van der Waals surface area contributed by atoms with Gasteiger partial charge in [-0.05, 0) is 24.3 Å². The molecule has 2 rings (SSSR count). The molecule has 0 saturated carbocycles. The molecule has 7 nitrogen and oxygen atoms in total. The third-order valence-corrected chi connectivity index (χ3v) is 3.19. The number of amides is 1. The lowest BCUT2D eigenvalue weighted by Crippen LogP contribution is -2.37. The monoisotopic (exact) mass is 312 g/mol. The Balaban J connectivity index is 2.17. The first-order chi connectivity index (χ1) is 10.9. The molecule has 7 heteroatoms. The molecule has 2 aromatic carbocycles. The van der Waals surface area contributed by atoms with Gasteiger partial charge in [0.05, 0.1) is 4.92 Å². The quantitative estimate of drug-likeness (QED) is 0.276. The summed E-state index contributed by atoms with van der Waals surface area (Å²) in [4.78, 5) is 47.1. The van der Waals surface area contributed by atoms with Gasteiger partial charge in [0.25, 0.3) is 11.5 Å². The molecule has 0 aliphatic carbocycles. The molecule has 1 amide bonds. The highest BCUT2D eigenvalue weighted by Gasteiger charge is 2.28. The van der Waals surface area contributed by atoms with Gasteiger partial charge in [-0.2, -0.15) is 0 Å². The van der Waals surface area contributed by atoms with Gasteiger partial charge in [-0.1, -0.05) is 18.2 Å². The predicted octanol–water partition coefficient (Wildman–Crippen LogP) is 2.01. The van der Waals surface area contributed by atoms with Gasteiger partial charge in [0.2, 0.25) is 5.78 Å². The fourth-order valence-electron chi connectivity index (χ4n) is 1.88. The molecule has 116 valence electrons. The number of likely N-dealkylation sites (N-methyl/N-ethyl adjacent to an activating group) is 1. The number of nitro benzene ring substituents is 1. The first kappa shape index (κ1) is 16.0. The minimum atomic E-state index is -1.20. The molecule has 2 aromatic rings. The highest BCUT2D eigenvalue weighted by atomic mass is 16.6. The number of anilines is 1. The summed E-state index contributed by atoms with van der Waals surface area (Å²) in [7, 11) is 1.39. The summed E-state index contributed by atoms with van der Waals surface area (Å²) < 4.78 is 0. The fraction of sp³-hybridized carbons (Fsp3) is 0.0625. The van der Waals surface area contributed by atoms with E-state index in [0.717, 1.165) is 29.2 Å². The highest BCUT2D eigenvalue weighted by molar-refractivity contribution is 6.68. The van der Waals surface area contributed by atoms with Crippen molar-refractivity contribution in [2.24, 2.45) is 0 Å². The van der Waals surface area contributed by atoms with E-state index in [9.17, 15) is 24.5 Å². The summed E-state index contributed by atoms with van der Waals surface area (Å²) in [6.45, 7) is 0. The number of ketones is 2. The SMILES string of the molecule is CN(C(=O)C(=O)C(=O)c1ccc([N+](=O)[O-])cc1)c1ccccc1. The topological polar surface area (TPSA) is 97.6 Å². The Morgan fingerprint density at radius 2 is 1.52 bits per heavy atom. The van der Waals surface area contributed by atoms with Gasteiger partial charge >= 0.3 is 5.91 Å². The molecule has 0 saturated heterocycles. The van der Waals surface area contributed by atoms with E-state index >= 15 is 0 Å². The Bertz CT molecular complexity index is 769.